The molecule has 1 amide bonds. The molecule has 6 nitrogen and oxygen atoms in total. The summed E-state index contributed by atoms with van der Waals surface area (Å²) in [6.45, 7) is 3.76. The highest BCUT2D eigenvalue weighted by atomic mass is 16.5. The number of aromatic nitrogens is 1. The van der Waals surface area contributed by atoms with Crippen LogP contribution in [-0.2, 0) is 9.53 Å². The van der Waals surface area contributed by atoms with Gasteiger partial charge in [-0.2, -0.15) is 0 Å². The largest absolute Gasteiger partial charge is 0.484 e. The number of hydrogen-bond acceptors (Lipinski definition) is 5. The Morgan fingerprint density at radius 2 is 2.04 bits per heavy atom. The van der Waals surface area contributed by atoms with Gasteiger partial charge < -0.3 is 19.1 Å². The molecule has 2 heterocycles. The van der Waals surface area contributed by atoms with Crippen LogP contribution in [0.5, 0.6) is 17.4 Å². The lowest BCUT2D eigenvalue weighted by Crippen LogP contribution is -2.48. The van der Waals surface area contributed by atoms with Crippen molar-refractivity contribution in [1.29, 1.82) is 0 Å². The molecule has 24 heavy (non-hydrogen) atoms. The minimum atomic E-state index is -0.0281. The molecule has 1 aromatic carbocycles. The third-order valence-electron chi connectivity index (χ3n) is 3.73. The van der Waals surface area contributed by atoms with Gasteiger partial charge >= 0.3 is 0 Å². The van der Waals surface area contributed by atoms with E-state index in [1.165, 1.54) is 0 Å². The van der Waals surface area contributed by atoms with Gasteiger partial charge in [0.2, 0.25) is 5.88 Å². The highest BCUT2D eigenvalue weighted by Gasteiger charge is 2.23. The van der Waals surface area contributed by atoms with Gasteiger partial charge in [0, 0.05) is 18.8 Å². The fourth-order valence-electron chi connectivity index (χ4n) is 2.46. The maximum atomic E-state index is 12.2. The lowest BCUT2D eigenvalue weighted by molar-refractivity contribution is -0.141. The second-order valence-corrected chi connectivity index (χ2v) is 5.54. The molecule has 0 bridgehead atoms. The zero-order valence-corrected chi connectivity index (χ0v) is 13.6. The fourth-order valence-corrected chi connectivity index (χ4v) is 2.46. The molecule has 1 atom stereocenters. The third-order valence-corrected chi connectivity index (χ3v) is 3.73. The molecule has 0 aliphatic carbocycles. The van der Waals surface area contributed by atoms with Crippen LogP contribution in [0.2, 0.25) is 0 Å². The number of amides is 1. The van der Waals surface area contributed by atoms with Gasteiger partial charge in [0.05, 0.1) is 19.3 Å². The van der Waals surface area contributed by atoms with Crippen LogP contribution < -0.4 is 9.47 Å². The zero-order chi connectivity index (χ0) is 16.8. The van der Waals surface area contributed by atoms with Crippen LogP contribution in [0.3, 0.4) is 0 Å². The van der Waals surface area contributed by atoms with E-state index in [1.54, 1.807) is 41.4 Å². The molecule has 2 aromatic rings. The van der Waals surface area contributed by atoms with Crippen molar-refractivity contribution < 1.29 is 19.0 Å². The number of ether oxygens (including phenoxy) is 3. The van der Waals surface area contributed by atoms with E-state index < -0.39 is 0 Å². The predicted octanol–water partition coefficient (Wildman–Crippen LogP) is 2.50. The summed E-state index contributed by atoms with van der Waals surface area (Å²) in [5.74, 6) is 1.79. The summed E-state index contributed by atoms with van der Waals surface area (Å²) in [5, 5.41) is 0. The topological polar surface area (TPSA) is 60.9 Å². The van der Waals surface area contributed by atoms with Gasteiger partial charge in [-0.15, -0.1) is 0 Å². The molecule has 1 aliphatic heterocycles. The first-order valence-electron chi connectivity index (χ1n) is 7.91. The summed E-state index contributed by atoms with van der Waals surface area (Å²) in [4.78, 5) is 18.1. The number of carbonyl (C=O) groups is 1. The first kappa shape index (κ1) is 16.3. The number of rotatable bonds is 5. The average Bonchev–Trinajstić information content (AvgIpc) is 2.62. The Morgan fingerprint density at radius 3 is 2.75 bits per heavy atom. The molecule has 0 saturated carbocycles. The Balaban J connectivity index is 1.51. The Labute approximate surface area is 141 Å². The van der Waals surface area contributed by atoms with Gasteiger partial charge in [-0.1, -0.05) is 6.07 Å². The summed E-state index contributed by atoms with van der Waals surface area (Å²) >= 11 is 0. The Hall–Kier alpha value is -2.60. The van der Waals surface area contributed by atoms with Crippen LogP contribution in [0.15, 0.2) is 48.7 Å². The SMILES string of the molecule is CC1COCCN1C(=O)COc1ccc(Oc2ccccn2)cc1. The van der Waals surface area contributed by atoms with Crippen LogP contribution >= 0.6 is 0 Å². The number of hydrogen-bond donors (Lipinski definition) is 0. The molecule has 6 heteroatoms. The summed E-state index contributed by atoms with van der Waals surface area (Å²) in [5.41, 5.74) is 0. The maximum absolute atomic E-state index is 12.2. The normalized spacial score (nSPS) is 17.4. The minimum absolute atomic E-state index is 0.0186. The summed E-state index contributed by atoms with van der Waals surface area (Å²) in [6.07, 6.45) is 1.67. The summed E-state index contributed by atoms with van der Waals surface area (Å²) in [6, 6.07) is 12.7. The van der Waals surface area contributed by atoms with E-state index in [4.69, 9.17) is 14.2 Å². The molecule has 1 aromatic heterocycles. The first-order valence-corrected chi connectivity index (χ1v) is 7.91. The third kappa shape index (κ3) is 4.23. The lowest BCUT2D eigenvalue weighted by Gasteiger charge is -2.33. The number of pyridine rings is 1. The number of nitrogens with zero attached hydrogens (tertiary/aromatic N) is 2. The van der Waals surface area contributed by atoms with Gasteiger partial charge in [-0.25, -0.2) is 4.98 Å². The standard InChI is InChI=1S/C18H20N2O4/c1-14-12-22-11-10-20(14)18(21)13-23-15-5-7-16(8-6-15)24-17-4-2-3-9-19-17/h2-9,14H,10-13H2,1H3. The smallest absolute Gasteiger partial charge is 0.260 e. The van der Waals surface area contributed by atoms with Crippen LogP contribution in [0.4, 0.5) is 0 Å². The zero-order valence-electron chi connectivity index (χ0n) is 13.6. The van der Waals surface area contributed by atoms with Crippen LogP contribution in [0.1, 0.15) is 6.92 Å². The van der Waals surface area contributed by atoms with Crippen molar-refractivity contribution in [2.75, 3.05) is 26.4 Å². The van der Waals surface area contributed by atoms with E-state index in [2.05, 4.69) is 4.98 Å². The summed E-state index contributed by atoms with van der Waals surface area (Å²) in [7, 11) is 0. The van der Waals surface area contributed by atoms with Gasteiger partial charge in [-0.3, -0.25) is 4.79 Å². The van der Waals surface area contributed by atoms with Gasteiger partial charge in [-0.05, 0) is 37.3 Å². The highest BCUT2D eigenvalue weighted by molar-refractivity contribution is 5.78. The number of carbonyl (C=O) groups excluding carboxylic acids is 1. The molecular formula is C18H20N2O4. The number of morpholine rings is 1. The van der Waals surface area contributed by atoms with Crippen molar-refractivity contribution in [3.8, 4) is 17.4 Å². The minimum Gasteiger partial charge on any atom is -0.484 e. The van der Waals surface area contributed by atoms with Crippen molar-refractivity contribution >= 4 is 5.91 Å². The van der Waals surface area contributed by atoms with Crippen LogP contribution in [0, 0.1) is 0 Å². The molecule has 1 fully saturated rings. The number of benzene rings is 1. The van der Waals surface area contributed by atoms with E-state index in [0.717, 1.165) is 0 Å². The van der Waals surface area contributed by atoms with Crippen molar-refractivity contribution in [3.05, 3.63) is 48.7 Å². The van der Waals surface area contributed by atoms with E-state index >= 15 is 0 Å². The van der Waals surface area contributed by atoms with Crippen LogP contribution in [0.25, 0.3) is 0 Å². The molecule has 1 unspecified atom stereocenters. The van der Waals surface area contributed by atoms with Gasteiger partial charge in [0.15, 0.2) is 6.61 Å². The molecule has 3 rings (SSSR count). The lowest BCUT2D eigenvalue weighted by atomic mass is 10.2. The molecule has 0 N–H and O–H groups in total. The van der Waals surface area contributed by atoms with E-state index in [9.17, 15) is 4.79 Å². The summed E-state index contributed by atoms with van der Waals surface area (Å²) < 4.78 is 16.5. The Morgan fingerprint density at radius 1 is 1.25 bits per heavy atom. The fraction of sp³-hybridized carbons (Fsp3) is 0.333. The Bertz CT molecular complexity index is 660. The van der Waals surface area contributed by atoms with Crippen molar-refractivity contribution in [2.45, 2.75) is 13.0 Å². The molecule has 1 aliphatic rings. The van der Waals surface area contributed by atoms with Crippen molar-refractivity contribution in [3.63, 3.8) is 0 Å². The predicted molar refractivity (Wildman–Crippen MR) is 88.2 cm³/mol. The van der Waals surface area contributed by atoms with Crippen molar-refractivity contribution in [2.24, 2.45) is 0 Å². The monoisotopic (exact) mass is 328 g/mol. The second kappa shape index (κ2) is 7.79. The van der Waals surface area contributed by atoms with E-state index in [1.807, 2.05) is 19.1 Å². The molecule has 126 valence electrons. The maximum Gasteiger partial charge on any atom is 0.260 e. The van der Waals surface area contributed by atoms with Gasteiger partial charge in [0.25, 0.3) is 5.91 Å². The van der Waals surface area contributed by atoms with Crippen LogP contribution in [-0.4, -0.2) is 48.2 Å². The van der Waals surface area contributed by atoms with Gasteiger partial charge in [0.1, 0.15) is 11.5 Å². The molecule has 0 radical (unpaired) electrons. The van der Waals surface area contributed by atoms with E-state index in [-0.39, 0.29) is 18.6 Å². The second-order valence-electron chi connectivity index (χ2n) is 5.54. The first-order chi connectivity index (χ1) is 11.7. The Kier molecular flexibility index (Phi) is 5.28. The molecule has 0 spiro atoms. The van der Waals surface area contributed by atoms with Crippen molar-refractivity contribution in [1.82, 2.24) is 9.88 Å². The quantitative estimate of drug-likeness (QED) is 0.844. The molecular weight excluding hydrogens is 308 g/mol. The average molecular weight is 328 g/mol. The molecule has 1 saturated heterocycles. The highest BCUT2D eigenvalue weighted by Crippen LogP contribution is 2.22. The van der Waals surface area contributed by atoms with E-state index in [0.29, 0.717) is 37.1 Å².